The van der Waals surface area contributed by atoms with Crippen molar-refractivity contribution in [1.29, 1.82) is 5.26 Å². The number of rotatable bonds is 4. The van der Waals surface area contributed by atoms with Crippen molar-refractivity contribution >= 4 is 27.7 Å². The minimum atomic E-state index is -0.438. The molecule has 0 aliphatic carbocycles. The highest BCUT2D eigenvalue weighted by atomic mass is 79.9. The van der Waals surface area contributed by atoms with Crippen LogP contribution in [0.25, 0.3) is 11.3 Å². The van der Waals surface area contributed by atoms with Crippen LogP contribution in [0.3, 0.4) is 0 Å². The lowest BCUT2D eigenvalue weighted by Crippen LogP contribution is -2.14. The third-order valence-electron chi connectivity index (χ3n) is 3.38. The fourth-order valence-electron chi connectivity index (χ4n) is 2.18. The Labute approximate surface area is 156 Å². The van der Waals surface area contributed by atoms with E-state index in [1.165, 1.54) is 11.8 Å². The van der Waals surface area contributed by atoms with E-state index in [4.69, 9.17) is 4.74 Å². The van der Waals surface area contributed by atoms with Gasteiger partial charge in [-0.2, -0.15) is 5.26 Å². The van der Waals surface area contributed by atoms with Crippen LogP contribution in [0.4, 0.5) is 0 Å². The highest BCUT2D eigenvalue weighted by Crippen LogP contribution is 2.27. The molecule has 0 atom stereocenters. The van der Waals surface area contributed by atoms with Gasteiger partial charge in [-0.3, -0.25) is 4.79 Å². The van der Waals surface area contributed by atoms with E-state index >= 15 is 0 Å². The van der Waals surface area contributed by atoms with Crippen LogP contribution in [-0.2, 0) is 0 Å². The minimum Gasteiger partial charge on any atom is -0.457 e. The molecule has 2 aromatic carbocycles. The molecule has 0 spiro atoms. The molecule has 0 saturated heterocycles. The van der Waals surface area contributed by atoms with Gasteiger partial charge >= 0.3 is 0 Å². The highest BCUT2D eigenvalue weighted by Gasteiger charge is 2.13. The van der Waals surface area contributed by atoms with Gasteiger partial charge in [0.05, 0.1) is 5.69 Å². The quantitative estimate of drug-likeness (QED) is 0.499. The Bertz CT molecular complexity index is 993. The summed E-state index contributed by atoms with van der Waals surface area (Å²) in [5, 5.41) is 9.72. The largest absolute Gasteiger partial charge is 0.457 e. The number of nitriles is 1. The molecule has 0 aliphatic heterocycles. The number of nitrogens with one attached hydrogen (secondary N) is 1. The molecule has 0 aliphatic rings. The number of halogens is 1. The van der Waals surface area contributed by atoms with Crippen LogP contribution in [0.5, 0.6) is 11.5 Å². The Balaban J connectivity index is 1.93. The molecule has 3 aromatic rings. The summed E-state index contributed by atoms with van der Waals surface area (Å²) in [7, 11) is 0. The number of aromatic amines is 1. The molecule has 0 radical (unpaired) electrons. The smallest absolute Gasteiger partial charge is 0.270 e. The molecular formula is C18H12BrN3O2S. The lowest BCUT2D eigenvalue weighted by molar-refractivity contribution is 0.482. The van der Waals surface area contributed by atoms with Gasteiger partial charge in [0.1, 0.15) is 23.1 Å². The molecule has 0 amide bonds. The van der Waals surface area contributed by atoms with Crippen molar-refractivity contribution in [2.75, 3.05) is 6.26 Å². The van der Waals surface area contributed by atoms with Crippen LogP contribution in [0, 0.1) is 11.3 Å². The Kier molecular flexibility index (Phi) is 5.22. The van der Waals surface area contributed by atoms with Crippen molar-refractivity contribution in [3.05, 3.63) is 68.9 Å². The van der Waals surface area contributed by atoms with Gasteiger partial charge in [-0.25, -0.2) is 4.98 Å². The molecule has 1 heterocycles. The first-order chi connectivity index (χ1) is 12.1. The molecule has 1 N–H and O–H groups in total. The monoisotopic (exact) mass is 413 g/mol. The number of benzene rings is 2. The van der Waals surface area contributed by atoms with Crippen molar-refractivity contribution in [3.8, 4) is 28.8 Å². The fourth-order valence-corrected chi connectivity index (χ4v) is 2.82. The lowest BCUT2D eigenvalue weighted by atomic mass is 10.1. The van der Waals surface area contributed by atoms with Gasteiger partial charge in [-0.1, -0.05) is 27.7 Å². The van der Waals surface area contributed by atoms with E-state index in [1.54, 1.807) is 24.3 Å². The topological polar surface area (TPSA) is 78.8 Å². The molecule has 1 aromatic heterocycles. The van der Waals surface area contributed by atoms with Crippen LogP contribution >= 0.6 is 27.7 Å². The van der Waals surface area contributed by atoms with Gasteiger partial charge in [-0.05, 0) is 54.8 Å². The average Bonchev–Trinajstić information content (AvgIpc) is 2.63. The lowest BCUT2D eigenvalue weighted by Gasteiger charge is -2.08. The van der Waals surface area contributed by atoms with Crippen LogP contribution in [0.2, 0.25) is 0 Å². The third-order valence-corrected chi connectivity index (χ3v) is 4.49. The van der Waals surface area contributed by atoms with Crippen molar-refractivity contribution in [2.45, 2.75) is 5.16 Å². The SMILES string of the molecule is CSc1nc(-c2ccc(Oc3ccc(Br)cc3)cc2)c(C#N)c(=O)[nH]1. The molecule has 5 nitrogen and oxygen atoms in total. The van der Waals surface area contributed by atoms with Gasteiger partial charge in [0, 0.05) is 10.0 Å². The zero-order chi connectivity index (χ0) is 17.8. The Morgan fingerprint density at radius 2 is 1.72 bits per heavy atom. The van der Waals surface area contributed by atoms with Gasteiger partial charge in [0.25, 0.3) is 5.56 Å². The average molecular weight is 414 g/mol. The first-order valence-corrected chi connectivity index (χ1v) is 9.25. The molecule has 124 valence electrons. The number of thioether (sulfide) groups is 1. The molecular weight excluding hydrogens is 402 g/mol. The fraction of sp³-hybridized carbons (Fsp3) is 0.0556. The molecule has 0 fully saturated rings. The molecule has 0 unspecified atom stereocenters. The van der Waals surface area contributed by atoms with E-state index in [1.807, 2.05) is 36.6 Å². The number of hydrogen-bond donors (Lipinski definition) is 1. The molecule has 0 saturated carbocycles. The summed E-state index contributed by atoms with van der Waals surface area (Å²) in [6.45, 7) is 0. The maximum Gasteiger partial charge on any atom is 0.270 e. The van der Waals surface area contributed by atoms with Crippen LogP contribution in [-0.4, -0.2) is 16.2 Å². The normalized spacial score (nSPS) is 10.3. The number of nitrogens with zero attached hydrogens (tertiary/aromatic N) is 2. The Morgan fingerprint density at radius 3 is 2.28 bits per heavy atom. The number of aromatic nitrogens is 2. The molecule has 0 bridgehead atoms. The molecule has 3 rings (SSSR count). The Hall–Kier alpha value is -2.56. The van der Waals surface area contributed by atoms with Gasteiger partial charge < -0.3 is 9.72 Å². The van der Waals surface area contributed by atoms with Crippen molar-refractivity contribution < 1.29 is 4.74 Å². The van der Waals surface area contributed by atoms with Crippen LogP contribution in [0.15, 0.2) is 63.0 Å². The summed E-state index contributed by atoms with van der Waals surface area (Å²) in [4.78, 5) is 18.9. The first-order valence-electron chi connectivity index (χ1n) is 7.23. The van der Waals surface area contributed by atoms with E-state index in [-0.39, 0.29) is 5.56 Å². The summed E-state index contributed by atoms with van der Waals surface area (Å²) in [5.41, 5.74) is 0.610. The van der Waals surface area contributed by atoms with Gasteiger partial charge in [0.2, 0.25) is 0 Å². The number of H-pyrrole nitrogens is 1. The van der Waals surface area contributed by atoms with Gasteiger partial charge in [-0.15, -0.1) is 0 Å². The van der Waals surface area contributed by atoms with Crippen molar-refractivity contribution in [3.63, 3.8) is 0 Å². The second-order valence-electron chi connectivity index (χ2n) is 4.99. The van der Waals surface area contributed by atoms with E-state index in [9.17, 15) is 10.1 Å². The summed E-state index contributed by atoms with van der Waals surface area (Å²) in [5.74, 6) is 1.37. The van der Waals surface area contributed by atoms with Crippen LogP contribution < -0.4 is 10.3 Å². The second-order valence-corrected chi connectivity index (χ2v) is 6.70. The summed E-state index contributed by atoms with van der Waals surface area (Å²) in [6.07, 6.45) is 1.81. The maximum atomic E-state index is 12.0. The summed E-state index contributed by atoms with van der Waals surface area (Å²) < 4.78 is 6.75. The zero-order valence-corrected chi connectivity index (χ0v) is 15.5. The summed E-state index contributed by atoms with van der Waals surface area (Å²) in [6, 6.07) is 16.5. The maximum absolute atomic E-state index is 12.0. The highest BCUT2D eigenvalue weighted by molar-refractivity contribution is 9.10. The van der Waals surface area contributed by atoms with E-state index in [0.717, 1.165) is 4.47 Å². The van der Waals surface area contributed by atoms with Gasteiger partial charge in [0.15, 0.2) is 5.16 Å². The second kappa shape index (κ2) is 7.55. The molecule has 25 heavy (non-hydrogen) atoms. The van der Waals surface area contributed by atoms with E-state index in [2.05, 4.69) is 25.9 Å². The standard InChI is InChI=1S/C18H12BrN3O2S/c1-25-18-21-16(15(10-20)17(23)22-18)11-2-6-13(7-3-11)24-14-8-4-12(19)5-9-14/h2-9H,1H3,(H,21,22,23). The van der Waals surface area contributed by atoms with Crippen molar-refractivity contribution in [1.82, 2.24) is 9.97 Å². The predicted octanol–water partition coefficient (Wildman–Crippen LogP) is 4.59. The molecule has 7 heteroatoms. The number of hydrogen-bond acceptors (Lipinski definition) is 5. The first kappa shape index (κ1) is 17.3. The Morgan fingerprint density at radius 1 is 1.12 bits per heavy atom. The van der Waals surface area contributed by atoms with Crippen LogP contribution in [0.1, 0.15) is 5.56 Å². The third kappa shape index (κ3) is 3.92. The predicted molar refractivity (Wildman–Crippen MR) is 101 cm³/mol. The van der Waals surface area contributed by atoms with Crippen molar-refractivity contribution in [2.24, 2.45) is 0 Å². The van der Waals surface area contributed by atoms with E-state index < -0.39 is 5.56 Å². The zero-order valence-electron chi connectivity index (χ0n) is 13.1. The minimum absolute atomic E-state index is 0.000576. The number of ether oxygens (including phenoxy) is 1. The van der Waals surface area contributed by atoms with E-state index in [0.29, 0.717) is 27.9 Å². The summed E-state index contributed by atoms with van der Waals surface area (Å²) >= 11 is 4.69.